The SMILES string of the molecule is CCCNC(Cc1cc(CC)nn1CC)c1ccoc1Br. The van der Waals surface area contributed by atoms with E-state index in [0.29, 0.717) is 0 Å². The molecule has 0 amide bonds. The fraction of sp³-hybridized carbons (Fsp3) is 0.562. The van der Waals surface area contributed by atoms with Gasteiger partial charge >= 0.3 is 0 Å². The van der Waals surface area contributed by atoms with Crippen molar-refractivity contribution in [3.63, 3.8) is 0 Å². The lowest BCUT2D eigenvalue weighted by Gasteiger charge is -2.18. The maximum absolute atomic E-state index is 5.40. The summed E-state index contributed by atoms with van der Waals surface area (Å²) in [6, 6.07) is 4.49. The lowest BCUT2D eigenvalue weighted by Crippen LogP contribution is -2.25. The first-order valence-electron chi connectivity index (χ1n) is 7.71. The fourth-order valence-corrected chi connectivity index (χ4v) is 3.02. The van der Waals surface area contributed by atoms with Gasteiger partial charge in [-0.25, -0.2) is 0 Å². The maximum Gasteiger partial charge on any atom is 0.173 e. The van der Waals surface area contributed by atoms with E-state index in [4.69, 9.17) is 4.42 Å². The number of furan rings is 1. The number of nitrogens with one attached hydrogen (secondary N) is 1. The zero-order valence-electron chi connectivity index (χ0n) is 13.0. The minimum Gasteiger partial charge on any atom is -0.457 e. The van der Waals surface area contributed by atoms with E-state index in [-0.39, 0.29) is 6.04 Å². The van der Waals surface area contributed by atoms with Crippen LogP contribution in [0, 0.1) is 0 Å². The first-order chi connectivity index (χ1) is 10.2. The van der Waals surface area contributed by atoms with Crippen LogP contribution in [-0.4, -0.2) is 16.3 Å². The van der Waals surface area contributed by atoms with E-state index in [9.17, 15) is 0 Å². The number of hydrogen-bond donors (Lipinski definition) is 1. The molecule has 0 bridgehead atoms. The van der Waals surface area contributed by atoms with Crippen LogP contribution in [0.1, 0.15) is 50.2 Å². The van der Waals surface area contributed by atoms with Gasteiger partial charge in [-0.05, 0) is 54.4 Å². The van der Waals surface area contributed by atoms with Gasteiger partial charge in [0.15, 0.2) is 4.67 Å². The Balaban J connectivity index is 2.22. The van der Waals surface area contributed by atoms with Crippen LogP contribution in [0.2, 0.25) is 0 Å². The average Bonchev–Trinajstić information content (AvgIpc) is 3.09. The summed E-state index contributed by atoms with van der Waals surface area (Å²) >= 11 is 3.50. The lowest BCUT2D eigenvalue weighted by atomic mass is 10.0. The van der Waals surface area contributed by atoms with Gasteiger partial charge < -0.3 is 9.73 Å². The molecule has 2 rings (SSSR count). The molecule has 21 heavy (non-hydrogen) atoms. The van der Waals surface area contributed by atoms with Crippen molar-refractivity contribution >= 4 is 15.9 Å². The van der Waals surface area contributed by atoms with Crippen LogP contribution in [0.5, 0.6) is 0 Å². The molecule has 0 aliphatic rings. The number of aryl methyl sites for hydroxylation is 2. The van der Waals surface area contributed by atoms with Crippen LogP contribution in [0.3, 0.4) is 0 Å². The first-order valence-corrected chi connectivity index (χ1v) is 8.50. The molecule has 2 aromatic heterocycles. The van der Waals surface area contributed by atoms with Crippen molar-refractivity contribution in [1.29, 1.82) is 0 Å². The van der Waals surface area contributed by atoms with Crippen molar-refractivity contribution in [2.75, 3.05) is 6.54 Å². The molecule has 4 nitrogen and oxygen atoms in total. The molecule has 0 spiro atoms. The third kappa shape index (κ3) is 3.98. The predicted octanol–water partition coefficient (Wildman–Crippen LogP) is 4.10. The molecule has 1 unspecified atom stereocenters. The van der Waals surface area contributed by atoms with E-state index in [2.05, 4.69) is 57.9 Å². The second kappa shape index (κ2) is 7.80. The Morgan fingerprint density at radius 2 is 2.19 bits per heavy atom. The molecule has 0 aliphatic carbocycles. The zero-order chi connectivity index (χ0) is 15.2. The van der Waals surface area contributed by atoms with E-state index in [1.807, 2.05) is 6.07 Å². The van der Waals surface area contributed by atoms with Crippen LogP contribution in [-0.2, 0) is 19.4 Å². The van der Waals surface area contributed by atoms with E-state index in [1.165, 1.54) is 11.3 Å². The Labute approximate surface area is 135 Å². The molecule has 0 saturated heterocycles. The molecule has 0 aromatic carbocycles. The van der Waals surface area contributed by atoms with Crippen LogP contribution >= 0.6 is 15.9 Å². The van der Waals surface area contributed by atoms with Crippen molar-refractivity contribution in [2.24, 2.45) is 0 Å². The monoisotopic (exact) mass is 353 g/mol. The second-order valence-electron chi connectivity index (χ2n) is 5.16. The van der Waals surface area contributed by atoms with Gasteiger partial charge in [0, 0.05) is 30.3 Å². The van der Waals surface area contributed by atoms with Crippen LogP contribution in [0.4, 0.5) is 0 Å². The van der Waals surface area contributed by atoms with Gasteiger partial charge in [0.1, 0.15) is 0 Å². The van der Waals surface area contributed by atoms with E-state index >= 15 is 0 Å². The third-order valence-corrected chi connectivity index (χ3v) is 4.30. The Bertz CT molecular complexity index is 562. The van der Waals surface area contributed by atoms with Crippen molar-refractivity contribution in [1.82, 2.24) is 15.1 Å². The fourth-order valence-electron chi connectivity index (χ4n) is 2.50. The number of rotatable bonds is 8. The number of hydrogen-bond acceptors (Lipinski definition) is 3. The summed E-state index contributed by atoms with van der Waals surface area (Å²) in [6.07, 6.45) is 4.73. The molecule has 0 saturated carbocycles. The Morgan fingerprint density at radius 3 is 2.76 bits per heavy atom. The summed E-state index contributed by atoms with van der Waals surface area (Å²) in [5.41, 5.74) is 3.61. The minimum absolute atomic E-state index is 0.241. The Kier molecular flexibility index (Phi) is 6.06. The van der Waals surface area contributed by atoms with E-state index in [0.717, 1.165) is 42.7 Å². The smallest absolute Gasteiger partial charge is 0.173 e. The first kappa shape index (κ1) is 16.3. The molecular formula is C16H24BrN3O. The van der Waals surface area contributed by atoms with Gasteiger partial charge in [-0.3, -0.25) is 4.68 Å². The quantitative estimate of drug-likeness (QED) is 0.776. The zero-order valence-corrected chi connectivity index (χ0v) is 14.6. The van der Waals surface area contributed by atoms with Crippen molar-refractivity contribution in [3.05, 3.63) is 40.0 Å². The highest BCUT2D eigenvalue weighted by molar-refractivity contribution is 9.10. The minimum atomic E-state index is 0.241. The van der Waals surface area contributed by atoms with Gasteiger partial charge in [-0.2, -0.15) is 5.10 Å². The predicted molar refractivity (Wildman–Crippen MR) is 88.4 cm³/mol. The molecule has 5 heteroatoms. The topological polar surface area (TPSA) is 43.0 Å². The van der Waals surface area contributed by atoms with Gasteiger partial charge in [0.25, 0.3) is 0 Å². The van der Waals surface area contributed by atoms with E-state index in [1.54, 1.807) is 6.26 Å². The summed E-state index contributed by atoms with van der Waals surface area (Å²) < 4.78 is 8.32. The van der Waals surface area contributed by atoms with Gasteiger partial charge in [0.05, 0.1) is 12.0 Å². The second-order valence-corrected chi connectivity index (χ2v) is 5.88. The van der Waals surface area contributed by atoms with Gasteiger partial charge in [0.2, 0.25) is 0 Å². The molecular weight excluding hydrogens is 330 g/mol. The molecule has 116 valence electrons. The van der Waals surface area contributed by atoms with Gasteiger partial charge in [-0.15, -0.1) is 0 Å². The lowest BCUT2D eigenvalue weighted by molar-refractivity contribution is 0.483. The van der Waals surface area contributed by atoms with Crippen molar-refractivity contribution in [3.8, 4) is 0 Å². The van der Waals surface area contributed by atoms with Gasteiger partial charge in [-0.1, -0.05) is 13.8 Å². The van der Waals surface area contributed by atoms with Crippen LogP contribution < -0.4 is 5.32 Å². The summed E-state index contributed by atoms with van der Waals surface area (Å²) in [4.78, 5) is 0. The molecule has 0 fully saturated rings. The highest BCUT2D eigenvalue weighted by atomic mass is 79.9. The highest BCUT2D eigenvalue weighted by Crippen LogP contribution is 2.27. The molecule has 0 aliphatic heterocycles. The summed E-state index contributed by atoms with van der Waals surface area (Å²) in [5, 5.41) is 8.25. The number of aromatic nitrogens is 2. The van der Waals surface area contributed by atoms with Crippen LogP contribution in [0.25, 0.3) is 0 Å². The summed E-state index contributed by atoms with van der Waals surface area (Å²) in [7, 11) is 0. The summed E-state index contributed by atoms with van der Waals surface area (Å²) in [6.45, 7) is 8.36. The standard InChI is InChI=1S/C16H24BrN3O/c1-4-8-18-15(14-7-9-21-16(14)17)11-13-10-12(5-2)19-20(13)6-3/h7,9-10,15,18H,4-6,8,11H2,1-3H3. The molecule has 2 aromatic rings. The van der Waals surface area contributed by atoms with Crippen molar-refractivity contribution < 1.29 is 4.42 Å². The Hall–Kier alpha value is -1.07. The molecule has 1 N–H and O–H groups in total. The maximum atomic E-state index is 5.40. The number of nitrogens with zero attached hydrogens (tertiary/aromatic N) is 2. The van der Waals surface area contributed by atoms with E-state index < -0.39 is 0 Å². The highest BCUT2D eigenvalue weighted by Gasteiger charge is 2.19. The average molecular weight is 354 g/mol. The molecule has 1 atom stereocenters. The normalized spacial score (nSPS) is 12.8. The summed E-state index contributed by atoms with van der Waals surface area (Å²) in [5.74, 6) is 0. The Morgan fingerprint density at radius 1 is 1.38 bits per heavy atom. The van der Waals surface area contributed by atoms with Crippen LogP contribution in [0.15, 0.2) is 27.5 Å². The van der Waals surface area contributed by atoms with Crippen molar-refractivity contribution in [2.45, 2.75) is 52.6 Å². The largest absolute Gasteiger partial charge is 0.457 e. The number of halogens is 1. The third-order valence-electron chi connectivity index (χ3n) is 3.65. The molecule has 0 radical (unpaired) electrons. The molecule has 2 heterocycles.